The number of nitrogens with zero attached hydrogens (tertiary/aromatic N) is 2. The summed E-state index contributed by atoms with van der Waals surface area (Å²) in [5, 5.41) is 7.56. The number of nitrogens with one attached hydrogen (secondary N) is 2. The minimum atomic E-state index is -1.59. The Hall–Kier alpha value is -5.24. The van der Waals surface area contributed by atoms with Gasteiger partial charge in [-0.05, 0) is 61.7 Å². The number of hydrogen-bond acceptors (Lipinski definition) is 6. The highest BCUT2D eigenvalue weighted by Gasteiger charge is 2.43. The van der Waals surface area contributed by atoms with Crippen molar-refractivity contribution < 1.29 is 19.2 Å². The summed E-state index contributed by atoms with van der Waals surface area (Å²) in [5.74, 6) is -0.974. The fraction of sp³-hybridized carbons (Fsp3) is 0.200. The Morgan fingerprint density at radius 3 is 2.05 bits per heavy atom. The van der Waals surface area contributed by atoms with E-state index in [1.165, 1.54) is 6.92 Å². The maximum Gasteiger partial charge on any atom is 0.242 e. The number of carbonyl (C=O) groups excluding carboxylic acids is 4. The Morgan fingerprint density at radius 1 is 0.721 bits per heavy atom. The zero-order valence-corrected chi connectivity index (χ0v) is 24.1. The van der Waals surface area contributed by atoms with Crippen molar-refractivity contribution >= 4 is 56.6 Å². The Morgan fingerprint density at radius 2 is 1.35 bits per heavy atom. The molecule has 216 valence electrons. The van der Waals surface area contributed by atoms with E-state index in [0.29, 0.717) is 40.8 Å². The first-order valence-electron chi connectivity index (χ1n) is 14.2. The summed E-state index contributed by atoms with van der Waals surface area (Å²) in [7, 11) is 0. The molecule has 0 spiro atoms. The van der Waals surface area contributed by atoms with Gasteiger partial charge in [-0.1, -0.05) is 54.6 Å². The van der Waals surface area contributed by atoms with E-state index >= 15 is 0 Å². The van der Waals surface area contributed by atoms with Crippen molar-refractivity contribution in [2.75, 3.05) is 10.6 Å². The molecule has 0 saturated carbocycles. The molecular weight excluding hydrogens is 540 g/mol. The van der Waals surface area contributed by atoms with Crippen molar-refractivity contribution in [3.63, 3.8) is 0 Å². The van der Waals surface area contributed by atoms with Gasteiger partial charge in [0, 0.05) is 48.1 Å². The third-order valence-corrected chi connectivity index (χ3v) is 7.64. The molecule has 0 aliphatic heterocycles. The number of aromatic nitrogens is 2. The summed E-state index contributed by atoms with van der Waals surface area (Å²) in [4.78, 5) is 60.8. The van der Waals surface area contributed by atoms with Gasteiger partial charge in [-0.25, -0.2) is 0 Å². The van der Waals surface area contributed by atoms with Gasteiger partial charge in [0.25, 0.3) is 0 Å². The molecule has 8 heteroatoms. The van der Waals surface area contributed by atoms with E-state index in [2.05, 4.69) is 20.6 Å². The monoisotopic (exact) mass is 572 g/mol. The van der Waals surface area contributed by atoms with E-state index in [1.807, 2.05) is 54.6 Å². The standard InChI is InChI=1S/C35H32N4O4/c1-23(40)8-3-15-31(42)38-28-18-16-27(17-19-28)35(2,30(41)22-26-11-4-9-24-12-6-20-36-32(24)26)34(43)39-29-14-5-10-25-13-7-21-37-33(25)29/h4-7,9-14,16-21H,3,8,15,22H2,1-2H3,(H,38,42)(H,39,43). The first-order valence-corrected chi connectivity index (χ1v) is 14.2. The fourth-order valence-electron chi connectivity index (χ4n) is 5.14. The van der Waals surface area contributed by atoms with Gasteiger partial charge in [0.15, 0.2) is 5.78 Å². The predicted molar refractivity (Wildman–Crippen MR) is 168 cm³/mol. The van der Waals surface area contributed by atoms with E-state index in [1.54, 1.807) is 49.6 Å². The SMILES string of the molecule is CC(=O)CCCC(=O)Nc1ccc(C(C)(C(=O)Cc2cccc3cccnc23)C(=O)Nc2cccc3cccnc23)cc1. The van der Waals surface area contributed by atoms with Crippen LogP contribution in [0.25, 0.3) is 21.8 Å². The van der Waals surface area contributed by atoms with Gasteiger partial charge in [-0.2, -0.15) is 0 Å². The third-order valence-electron chi connectivity index (χ3n) is 7.64. The molecule has 1 unspecified atom stereocenters. The largest absolute Gasteiger partial charge is 0.326 e. The molecule has 2 amide bonds. The predicted octanol–water partition coefficient (Wildman–Crippen LogP) is 6.19. The molecule has 2 aromatic heterocycles. The number of Topliss-reactive ketones (excluding diaryl/α,β-unsaturated/α-hetero) is 2. The lowest BCUT2D eigenvalue weighted by Crippen LogP contribution is -2.45. The molecule has 1 atom stereocenters. The van der Waals surface area contributed by atoms with Crippen LogP contribution in [0, 0.1) is 0 Å². The number of anilines is 2. The molecule has 3 aromatic carbocycles. The molecule has 0 aliphatic rings. The highest BCUT2D eigenvalue weighted by molar-refractivity contribution is 6.18. The zero-order valence-electron chi connectivity index (χ0n) is 24.1. The van der Waals surface area contributed by atoms with E-state index < -0.39 is 11.3 Å². The van der Waals surface area contributed by atoms with Crippen LogP contribution in [0.3, 0.4) is 0 Å². The molecule has 0 radical (unpaired) electrons. The molecule has 5 rings (SSSR count). The molecule has 0 saturated heterocycles. The van der Waals surface area contributed by atoms with Crippen LogP contribution in [0.4, 0.5) is 11.4 Å². The first kappa shape index (κ1) is 29.3. The molecule has 0 aliphatic carbocycles. The highest BCUT2D eigenvalue weighted by Crippen LogP contribution is 2.32. The average Bonchev–Trinajstić information content (AvgIpc) is 3.01. The molecule has 43 heavy (non-hydrogen) atoms. The number of carbonyl (C=O) groups is 4. The number of ketones is 2. The number of benzene rings is 3. The highest BCUT2D eigenvalue weighted by atomic mass is 16.2. The van der Waals surface area contributed by atoms with Crippen molar-refractivity contribution in [3.05, 3.63) is 108 Å². The summed E-state index contributed by atoms with van der Waals surface area (Å²) >= 11 is 0. The van der Waals surface area contributed by atoms with Crippen LogP contribution in [0.2, 0.25) is 0 Å². The minimum absolute atomic E-state index is 0.0132. The maximum atomic E-state index is 14.2. The Labute approximate surface area is 249 Å². The molecular formula is C35H32N4O4. The van der Waals surface area contributed by atoms with Gasteiger partial charge < -0.3 is 15.4 Å². The second-order valence-electron chi connectivity index (χ2n) is 10.7. The number of fused-ring (bicyclic) bond motifs is 2. The van der Waals surface area contributed by atoms with Crippen LogP contribution in [-0.2, 0) is 31.0 Å². The van der Waals surface area contributed by atoms with Gasteiger partial charge >= 0.3 is 0 Å². The summed E-state index contributed by atoms with van der Waals surface area (Å²) < 4.78 is 0. The number of rotatable bonds is 11. The van der Waals surface area contributed by atoms with Gasteiger partial charge in [0.05, 0.1) is 16.7 Å². The molecule has 8 nitrogen and oxygen atoms in total. The van der Waals surface area contributed by atoms with E-state index in [-0.39, 0.29) is 30.3 Å². The average molecular weight is 573 g/mol. The van der Waals surface area contributed by atoms with Crippen LogP contribution in [-0.4, -0.2) is 33.3 Å². The second-order valence-corrected chi connectivity index (χ2v) is 10.7. The second kappa shape index (κ2) is 12.7. The number of amides is 2. The summed E-state index contributed by atoms with van der Waals surface area (Å²) in [6, 6.07) is 25.4. The lowest BCUT2D eigenvalue weighted by atomic mass is 9.75. The van der Waals surface area contributed by atoms with Crippen molar-refractivity contribution in [3.8, 4) is 0 Å². The number of para-hydroxylation sites is 2. The van der Waals surface area contributed by atoms with E-state index in [0.717, 1.165) is 16.3 Å². The summed E-state index contributed by atoms with van der Waals surface area (Å²) in [6.07, 6.45) is 4.36. The molecule has 0 fully saturated rings. The fourth-order valence-corrected chi connectivity index (χ4v) is 5.14. The van der Waals surface area contributed by atoms with Crippen LogP contribution < -0.4 is 10.6 Å². The van der Waals surface area contributed by atoms with Crippen LogP contribution in [0.5, 0.6) is 0 Å². The minimum Gasteiger partial charge on any atom is -0.326 e. The van der Waals surface area contributed by atoms with E-state index in [4.69, 9.17) is 0 Å². The van der Waals surface area contributed by atoms with Gasteiger partial charge in [-0.15, -0.1) is 0 Å². The molecule has 2 N–H and O–H groups in total. The Bertz CT molecular complexity index is 1730. The summed E-state index contributed by atoms with van der Waals surface area (Å²) in [6.45, 7) is 3.12. The smallest absolute Gasteiger partial charge is 0.242 e. The molecule has 0 bridgehead atoms. The first-order chi connectivity index (χ1) is 20.8. The lowest BCUT2D eigenvalue weighted by molar-refractivity contribution is -0.132. The summed E-state index contributed by atoms with van der Waals surface area (Å²) in [5.41, 5.74) is 1.98. The molecule has 5 aromatic rings. The Balaban J connectivity index is 1.46. The normalized spacial score (nSPS) is 12.4. The maximum absolute atomic E-state index is 14.2. The quantitative estimate of drug-likeness (QED) is 0.182. The van der Waals surface area contributed by atoms with E-state index in [9.17, 15) is 19.2 Å². The zero-order chi connectivity index (χ0) is 30.4. The van der Waals surface area contributed by atoms with Crippen molar-refractivity contribution in [1.29, 1.82) is 0 Å². The van der Waals surface area contributed by atoms with Crippen molar-refractivity contribution in [2.24, 2.45) is 0 Å². The topological polar surface area (TPSA) is 118 Å². The van der Waals surface area contributed by atoms with Crippen LogP contribution in [0.1, 0.15) is 44.2 Å². The Kier molecular flexibility index (Phi) is 8.66. The van der Waals surface area contributed by atoms with Gasteiger partial charge in [-0.3, -0.25) is 24.4 Å². The van der Waals surface area contributed by atoms with Gasteiger partial charge in [0.2, 0.25) is 11.8 Å². The third kappa shape index (κ3) is 6.48. The van der Waals surface area contributed by atoms with Crippen LogP contribution in [0.15, 0.2) is 97.3 Å². The van der Waals surface area contributed by atoms with Crippen LogP contribution >= 0.6 is 0 Å². The van der Waals surface area contributed by atoms with Gasteiger partial charge in [0.1, 0.15) is 11.2 Å². The van der Waals surface area contributed by atoms with Crippen molar-refractivity contribution in [2.45, 2.75) is 44.9 Å². The van der Waals surface area contributed by atoms with Crippen molar-refractivity contribution in [1.82, 2.24) is 9.97 Å². The number of pyridine rings is 2. The lowest BCUT2D eigenvalue weighted by Gasteiger charge is -2.28. The molecule has 2 heterocycles. The number of hydrogen-bond donors (Lipinski definition) is 2.